The predicted molar refractivity (Wildman–Crippen MR) is 64.1 cm³/mol. The average molecular weight is 228 g/mol. The van der Waals surface area contributed by atoms with Crippen molar-refractivity contribution in [2.45, 2.75) is 6.54 Å². The van der Waals surface area contributed by atoms with E-state index in [1.807, 2.05) is 12.3 Å². The fourth-order valence-electron chi connectivity index (χ4n) is 1.43. The molecule has 2 heterocycles. The molecule has 0 bridgehead atoms. The van der Waals surface area contributed by atoms with Crippen molar-refractivity contribution < 1.29 is 0 Å². The number of anilines is 2. The Hall–Kier alpha value is -2.55. The third-order valence-electron chi connectivity index (χ3n) is 2.22. The summed E-state index contributed by atoms with van der Waals surface area (Å²) in [5, 5.41) is 16.1. The van der Waals surface area contributed by atoms with E-state index in [9.17, 15) is 0 Å². The lowest BCUT2D eigenvalue weighted by molar-refractivity contribution is 0.637. The zero-order valence-corrected chi connectivity index (χ0v) is 9.17. The summed E-state index contributed by atoms with van der Waals surface area (Å²) in [6, 6.07) is 5.52. The van der Waals surface area contributed by atoms with Gasteiger partial charge in [-0.1, -0.05) is 0 Å². The molecule has 6 heteroatoms. The van der Waals surface area contributed by atoms with Crippen molar-refractivity contribution in [3.8, 4) is 6.07 Å². The number of nitrogens with zero attached hydrogens (tertiary/aromatic N) is 4. The molecule has 0 aliphatic carbocycles. The van der Waals surface area contributed by atoms with Gasteiger partial charge in [0.25, 0.3) is 0 Å². The van der Waals surface area contributed by atoms with E-state index in [1.54, 1.807) is 16.9 Å². The second kappa shape index (κ2) is 4.99. The average Bonchev–Trinajstić information content (AvgIpc) is 2.84. The molecule has 0 aliphatic heterocycles. The van der Waals surface area contributed by atoms with Gasteiger partial charge < -0.3 is 11.1 Å². The molecule has 17 heavy (non-hydrogen) atoms. The van der Waals surface area contributed by atoms with E-state index in [0.29, 0.717) is 30.2 Å². The molecular formula is C11H12N6. The lowest BCUT2D eigenvalue weighted by atomic mass is 10.2. The number of nitrogens with one attached hydrogen (secondary N) is 1. The molecule has 0 spiro atoms. The summed E-state index contributed by atoms with van der Waals surface area (Å²) in [5.74, 6) is 0.550. The normalized spacial score (nSPS) is 9.82. The van der Waals surface area contributed by atoms with E-state index in [2.05, 4.69) is 21.5 Å². The van der Waals surface area contributed by atoms with E-state index in [1.165, 1.54) is 6.20 Å². The summed E-state index contributed by atoms with van der Waals surface area (Å²) >= 11 is 0. The quantitative estimate of drug-likeness (QED) is 0.809. The van der Waals surface area contributed by atoms with Gasteiger partial charge in [0.05, 0.1) is 24.0 Å². The predicted octanol–water partition coefficient (Wildman–Crippen LogP) is 0.844. The van der Waals surface area contributed by atoms with E-state index >= 15 is 0 Å². The van der Waals surface area contributed by atoms with Crippen LogP contribution in [-0.4, -0.2) is 21.3 Å². The largest absolute Gasteiger partial charge is 0.397 e. The van der Waals surface area contributed by atoms with Crippen molar-refractivity contribution in [2.75, 3.05) is 17.6 Å². The van der Waals surface area contributed by atoms with E-state index in [0.717, 1.165) is 0 Å². The molecule has 0 saturated heterocycles. The standard InChI is InChI=1S/C11H12N6/c12-7-9-6-10(13)8-15-11(9)14-3-5-17-4-1-2-16-17/h1-2,4,6,8H,3,5,13H2,(H,14,15). The van der Waals surface area contributed by atoms with Crippen molar-refractivity contribution in [3.63, 3.8) is 0 Å². The second-order valence-corrected chi connectivity index (χ2v) is 3.47. The molecule has 2 rings (SSSR count). The monoisotopic (exact) mass is 228 g/mol. The number of nitriles is 1. The maximum absolute atomic E-state index is 8.92. The third kappa shape index (κ3) is 2.72. The lowest BCUT2D eigenvalue weighted by Crippen LogP contribution is -2.12. The number of hydrogen-bond donors (Lipinski definition) is 2. The molecule has 2 aromatic rings. The Labute approximate surface area is 98.7 Å². The van der Waals surface area contributed by atoms with E-state index in [4.69, 9.17) is 11.0 Å². The van der Waals surface area contributed by atoms with Crippen LogP contribution in [0.5, 0.6) is 0 Å². The Morgan fingerprint density at radius 2 is 2.41 bits per heavy atom. The number of aromatic nitrogens is 3. The van der Waals surface area contributed by atoms with Gasteiger partial charge in [0.1, 0.15) is 11.9 Å². The Morgan fingerprint density at radius 1 is 1.53 bits per heavy atom. The Bertz CT molecular complexity index is 525. The number of nitrogens with two attached hydrogens (primary N) is 1. The van der Waals surface area contributed by atoms with Crippen LogP contribution < -0.4 is 11.1 Å². The minimum Gasteiger partial charge on any atom is -0.397 e. The van der Waals surface area contributed by atoms with Crippen LogP contribution >= 0.6 is 0 Å². The molecule has 0 aliphatic rings. The number of rotatable bonds is 4. The first kappa shape index (κ1) is 11.0. The van der Waals surface area contributed by atoms with Crippen LogP contribution in [0.25, 0.3) is 0 Å². The van der Waals surface area contributed by atoms with Gasteiger partial charge in [0, 0.05) is 18.9 Å². The first-order valence-electron chi connectivity index (χ1n) is 5.16. The Morgan fingerprint density at radius 3 is 3.12 bits per heavy atom. The second-order valence-electron chi connectivity index (χ2n) is 3.47. The highest BCUT2D eigenvalue weighted by Gasteiger charge is 2.03. The van der Waals surface area contributed by atoms with Crippen LogP contribution in [0.2, 0.25) is 0 Å². The molecule has 6 nitrogen and oxygen atoms in total. The minimum atomic E-state index is 0.450. The zero-order valence-electron chi connectivity index (χ0n) is 9.17. The van der Waals surface area contributed by atoms with E-state index in [-0.39, 0.29) is 0 Å². The van der Waals surface area contributed by atoms with Gasteiger partial charge >= 0.3 is 0 Å². The summed E-state index contributed by atoms with van der Waals surface area (Å²) in [5.41, 5.74) is 6.49. The van der Waals surface area contributed by atoms with E-state index < -0.39 is 0 Å². The molecule has 0 aromatic carbocycles. The molecule has 0 atom stereocenters. The summed E-state index contributed by atoms with van der Waals surface area (Å²) in [4.78, 5) is 4.08. The number of hydrogen-bond acceptors (Lipinski definition) is 5. The maximum Gasteiger partial charge on any atom is 0.144 e. The van der Waals surface area contributed by atoms with Crippen molar-refractivity contribution >= 4 is 11.5 Å². The third-order valence-corrected chi connectivity index (χ3v) is 2.22. The highest BCUT2D eigenvalue weighted by molar-refractivity contribution is 5.57. The summed E-state index contributed by atoms with van der Waals surface area (Å²) in [6.07, 6.45) is 5.13. The van der Waals surface area contributed by atoms with Crippen LogP contribution in [0.4, 0.5) is 11.5 Å². The molecule has 0 unspecified atom stereocenters. The van der Waals surface area contributed by atoms with Crippen LogP contribution in [0, 0.1) is 11.3 Å². The first-order chi connectivity index (χ1) is 8.29. The molecule has 0 saturated carbocycles. The maximum atomic E-state index is 8.92. The molecule has 0 radical (unpaired) electrons. The SMILES string of the molecule is N#Cc1cc(N)cnc1NCCn1cccn1. The number of nitrogen functional groups attached to an aromatic ring is 1. The van der Waals surface area contributed by atoms with Gasteiger partial charge in [-0.3, -0.25) is 4.68 Å². The minimum absolute atomic E-state index is 0.450. The fourth-order valence-corrected chi connectivity index (χ4v) is 1.43. The molecule has 0 fully saturated rings. The van der Waals surface area contributed by atoms with Gasteiger partial charge in [-0.15, -0.1) is 0 Å². The first-order valence-corrected chi connectivity index (χ1v) is 5.16. The van der Waals surface area contributed by atoms with Crippen LogP contribution in [-0.2, 0) is 6.54 Å². The van der Waals surface area contributed by atoms with Crippen molar-refractivity contribution in [2.24, 2.45) is 0 Å². The fraction of sp³-hybridized carbons (Fsp3) is 0.182. The smallest absolute Gasteiger partial charge is 0.144 e. The van der Waals surface area contributed by atoms with Crippen molar-refractivity contribution in [1.29, 1.82) is 5.26 Å². The van der Waals surface area contributed by atoms with Crippen LogP contribution in [0.15, 0.2) is 30.7 Å². The van der Waals surface area contributed by atoms with Gasteiger partial charge in [0.15, 0.2) is 0 Å². The van der Waals surface area contributed by atoms with Gasteiger partial charge in [0.2, 0.25) is 0 Å². The number of pyridine rings is 1. The van der Waals surface area contributed by atoms with Gasteiger partial charge in [-0.2, -0.15) is 10.4 Å². The van der Waals surface area contributed by atoms with Crippen LogP contribution in [0.3, 0.4) is 0 Å². The van der Waals surface area contributed by atoms with Crippen LogP contribution in [0.1, 0.15) is 5.56 Å². The molecule has 86 valence electrons. The Kier molecular flexibility index (Phi) is 3.21. The highest BCUT2D eigenvalue weighted by Crippen LogP contribution is 2.13. The summed E-state index contributed by atoms with van der Waals surface area (Å²) in [6.45, 7) is 1.36. The summed E-state index contributed by atoms with van der Waals surface area (Å²) in [7, 11) is 0. The molecule has 3 N–H and O–H groups in total. The van der Waals surface area contributed by atoms with Gasteiger partial charge in [-0.05, 0) is 12.1 Å². The van der Waals surface area contributed by atoms with Crippen molar-refractivity contribution in [3.05, 3.63) is 36.3 Å². The zero-order chi connectivity index (χ0) is 12.1. The summed E-state index contributed by atoms with van der Waals surface area (Å²) < 4.78 is 1.80. The lowest BCUT2D eigenvalue weighted by Gasteiger charge is -2.07. The molecular weight excluding hydrogens is 216 g/mol. The Balaban J connectivity index is 1.97. The topological polar surface area (TPSA) is 92.5 Å². The molecule has 0 amide bonds. The van der Waals surface area contributed by atoms with Crippen molar-refractivity contribution in [1.82, 2.24) is 14.8 Å². The molecule has 2 aromatic heterocycles. The highest BCUT2D eigenvalue weighted by atomic mass is 15.3. The van der Waals surface area contributed by atoms with Gasteiger partial charge in [-0.25, -0.2) is 4.98 Å².